The van der Waals surface area contributed by atoms with E-state index in [4.69, 9.17) is 0 Å². The van der Waals surface area contributed by atoms with Crippen molar-refractivity contribution in [2.75, 3.05) is 0 Å². The van der Waals surface area contributed by atoms with Crippen LogP contribution in [-0.2, 0) is 0 Å². The Morgan fingerprint density at radius 3 is 2.78 bits per heavy atom. The minimum atomic E-state index is 0.475. The second kappa shape index (κ2) is 4.26. The van der Waals surface area contributed by atoms with Crippen LogP contribution in [0.25, 0.3) is 22.2 Å². The molecule has 90 valence electrons. The first-order chi connectivity index (χ1) is 8.74. The molecule has 0 saturated carbocycles. The van der Waals surface area contributed by atoms with Crippen molar-refractivity contribution in [3.63, 3.8) is 0 Å². The Hall–Kier alpha value is -2.16. The third kappa shape index (κ3) is 1.88. The van der Waals surface area contributed by atoms with Gasteiger partial charge in [0, 0.05) is 41.8 Å². The summed E-state index contributed by atoms with van der Waals surface area (Å²) in [6.45, 7) is 4.34. The van der Waals surface area contributed by atoms with Crippen molar-refractivity contribution in [2.24, 2.45) is 0 Å². The highest BCUT2D eigenvalue weighted by atomic mass is 15.0. The Bertz CT molecular complexity index is 683. The third-order valence-electron chi connectivity index (χ3n) is 3.10. The maximum absolute atomic E-state index is 4.66. The second-order valence-electron chi connectivity index (χ2n) is 4.71. The first-order valence-electron chi connectivity index (χ1n) is 6.12. The third-order valence-corrected chi connectivity index (χ3v) is 3.10. The molecule has 0 aliphatic heterocycles. The van der Waals surface area contributed by atoms with Crippen molar-refractivity contribution >= 4 is 10.9 Å². The van der Waals surface area contributed by atoms with E-state index in [-0.39, 0.29) is 0 Å². The molecule has 0 N–H and O–H groups in total. The number of rotatable bonds is 2. The molecule has 0 aliphatic carbocycles. The van der Waals surface area contributed by atoms with Crippen molar-refractivity contribution in [2.45, 2.75) is 19.9 Å². The van der Waals surface area contributed by atoms with Crippen LogP contribution < -0.4 is 0 Å². The van der Waals surface area contributed by atoms with Crippen LogP contribution in [0.4, 0.5) is 0 Å². The van der Waals surface area contributed by atoms with Gasteiger partial charge in [-0.05, 0) is 38.1 Å². The molecule has 3 aromatic heterocycles. The zero-order chi connectivity index (χ0) is 12.5. The Kier molecular flexibility index (Phi) is 2.59. The van der Waals surface area contributed by atoms with Crippen LogP contribution in [0.1, 0.15) is 19.9 Å². The second-order valence-corrected chi connectivity index (χ2v) is 4.71. The summed E-state index contributed by atoms with van der Waals surface area (Å²) >= 11 is 0. The first kappa shape index (κ1) is 11.0. The normalized spacial score (nSPS) is 11.3. The highest BCUT2D eigenvalue weighted by Crippen LogP contribution is 2.22. The van der Waals surface area contributed by atoms with Gasteiger partial charge in [0.05, 0.1) is 11.2 Å². The fourth-order valence-electron chi connectivity index (χ4n) is 2.01. The van der Waals surface area contributed by atoms with Gasteiger partial charge in [-0.15, -0.1) is 0 Å². The van der Waals surface area contributed by atoms with Crippen LogP contribution in [0.15, 0.2) is 49.1 Å². The van der Waals surface area contributed by atoms with E-state index in [1.807, 2.05) is 18.3 Å². The zero-order valence-electron chi connectivity index (χ0n) is 10.5. The Balaban J connectivity index is 2.07. The van der Waals surface area contributed by atoms with Crippen LogP contribution in [0.5, 0.6) is 0 Å². The molecule has 0 radical (unpaired) electrons. The van der Waals surface area contributed by atoms with Crippen LogP contribution >= 0.6 is 0 Å². The van der Waals surface area contributed by atoms with Gasteiger partial charge < -0.3 is 4.57 Å². The molecule has 0 spiro atoms. The molecule has 0 aromatic carbocycles. The van der Waals surface area contributed by atoms with Crippen LogP contribution in [0.3, 0.4) is 0 Å². The fraction of sp³-hybridized carbons (Fsp3) is 0.200. The standard InChI is InChI=1S/C15H15N3/c1-11(2)18-8-6-13(10-18)14-4-3-12-9-16-7-5-15(12)17-14/h3-11H,1-2H3. The van der Waals surface area contributed by atoms with Crippen molar-refractivity contribution in [1.82, 2.24) is 14.5 Å². The zero-order valence-corrected chi connectivity index (χ0v) is 10.5. The predicted molar refractivity (Wildman–Crippen MR) is 73.3 cm³/mol. The van der Waals surface area contributed by atoms with E-state index in [0.717, 1.165) is 22.2 Å². The van der Waals surface area contributed by atoms with Crippen molar-refractivity contribution in [3.8, 4) is 11.3 Å². The molecule has 0 bridgehead atoms. The number of pyridine rings is 2. The van der Waals surface area contributed by atoms with E-state index in [1.165, 1.54) is 0 Å². The summed E-state index contributed by atoms with van der Waals surface area (Å²) in [5.74, 6) is 0. The molecule has 3 rings (SSSR count). The average Bonchev–Trinajstić information content (AvgIpc) is 2.88. The number of nitrogens with zero attached hydrogens (tertiary/aromatic N) is 3. The summed E-state index contributed by atoms with van der Waals surface area (Å²) in [7, 11) is 0. The summed E-state index contributed by atoms with van der Waals surface area (Å²) in [6.07, 6.45) is 7.85. The van der Waals surface area contributed by atoms with E-state index in [2.05, 4.69) is 52.9 Å². The Morgan fingerprint density at radius 2 is 2.00 bits per heavy atom. The maximum atomic E-state index is 4.66. The molecule has 0 unspecified atom stereocenters. The fourth-order valence-corrected chi connectivity index (χ4v) is 2.01. The van der Waals surface area contributed by atoms with E-state index >= 15 is 0 Å². The molecular weight excluding hydrogens is 222 g/mol. The lowest BCUT2D eigenvalue weighted by atomic mass is 10.2. The lowest BCUT2D eigenvalue weighted by Gasteiger charge is -2.05. The van der Waals surface area contributed by atoms with E-state index in [9.17, 15) is 0 Å². The van der Waals surface area contributed by atoms with Gasteiger partial charge in [0.15, 0.2) is 0 Å². The monoisotopic (exact) mass is 237 g/mol. The molecule has 3 nitrogen and oxygen atoms in total. The number of aromatic nitrogens is 3. The number of hydrogen-bond donors (Lipinski definition) is 0. The summed E-state index contributed by atoms with van der Waals surface area (Å²) in [6, 6.07) is 8.64. The van der Waals surface area contributed by atoms with Gasteiger partial charge in [0.25, 0.3) is 0 Å². The number of fused-ring (bicyclic) bond motifs is 1. The summed E-state index contributed by atoms with van der Waals surface area (Å²) in [5, 5.41) is 1.07. The van der Waals surface area contributed by atoms with E-state index in [1.54, 1.807) is 6.20 Å². The molecule has 0 aliphatic rings. The van der Waals surface area contributed by atoms with Gasteiger partial charge in [-0.3, -0.25) is 4.98 Å². The smallest absolute Gasteiger partial charge is 0.0740 e. The molecule has 3 aromatic rings. The molecule has 0 amide bonds. The van der Waals surface area contributed by atoms with E-state index < -0.39 is 0 Å². The highest BCUT2D eigenvalue weighted by molar-refractivity contribution is 5.80. The van der Waals surface area contributed by atoms with Gasteiger partial charge >= 0.3 is 0 Å². The molecule has 0 saturated heterocycles. The van der Waals surface area contributed by atoms with Crippen molar-refractivity contribution in [1.29, 1.82) is 0 Å². The van der Waals surface area contributed by atoms with Crippen LogP contribution in [-0.4, -0.2) is 14.5 Å². The van der Waals surface area contributed by atoms with Crippen LogP contribution in [0.2, 0.25) is 0 Å². The Morgan fingerprint density at radius 1 is 1.11 bits per heavy atom. The van der Waals surface area contributed by atoms with Gasteiger partial charge in [-0.1, -0.05) is 0 Å². The lowest BCUT2D eigenvalue weighted by molar-refractivity contribution is 0.604. The minimum Gasteiger partial charge on any atom is -0.351 e. The van der Waals surface area contributed by atoms with Crippen molar-refractivity contribution < 1.29 is 0 Å². The van der Waals surface area contributed by atoms with Gasteiger partial charge in [-0.2, -0.15) is 0 Å². The predicted octanol–water partition coefficient (Wildman–Crippen LogP) is 3.68. The minimum absolute atomic E-state index is 0.475. The molecule has 0 atom stereocenters. The van der Waals surface area contributed by atoms with E-state index in [0.29, 0.717) is 6.04 Å². The first-order valence-corrected chi connectivity index (χ1v) is 6.12. The van der Waals surface area contributed by atoms with Gasteiger partial charge in [-0.25, -0.2) is 4.98 Å². The molecule has 3 heteroatoms. The quantitative estimate of drug-likeness (QED) is 0.680. The molecule has 0 fully saturated rings. The van der Waals surface area contributed by atoms with Gasteiger partial charge in [0.1, 0.15) is 0 Å². The highest BCUT2D eigenvalue weighted by Gasteiger charge is 2.04. The largest absolute Gasteiger partial charge is 0.351 e. The SMILES string of the molecule is CC(C)n1ccc(-c2ccc3cnccc3n2)c1. The Labute approximate surface area is 106 Å². The maximum Gasteiger partial charge on any atom is 0.0740 e. The molecule has 18 heavy (non-hydrogen) atoms. The summed E-state index contributed by atoms with van der Waals surface area (Å²) in [4.78, 5) is 8.76. The molecular formula is C15H15N3. The summed E-state index contributed by atoms with van der Waals surface area (Å²) in [5.41, 5.74) is 3.15. The topological polar surface area (TPSA) is 30.7 Å². The number of hydrogen-bond acceptors (Lipinski definition) is 2. The van der Waals surface area contributed by atoms with Crippen LogP contribution in [0, 0.1) is 0 Å². The lowest BCUT2D eigenvalue weighted by Crippen LogP contribution is -1.95. The van der Waals surface area contributed by atoms with Crippen molar-refractivity contribution in [3.05, 3.63) is 49.1 Å². The average molecular weight is 237 g/mol. The summed E-state index contributed by atoms with van der Waals surface area (Å²) < 4.78 is 2.19. The molecule has 3 heterocycles. The van der Waals surface area contributed by atoms with Gasteiger partial charge in [0.2, 0.25) is 0 Å².